The van der Waals surface area contributed by atoms with Gasteiger partial charge in [-0.2, -0.15) is 0 Å². The van der Waals surface area contributed by atoms with Gasteiger partial charge in [0.2, 0.25) is 11.8 Å². The first kappa shape index (κ1) is 12.9. The molecule has 1 N–H and O–H groups in total. The van der Waals surface area contributed by atoms with Crippen LogP contribution in [0.4, 0.5) is 0 Å². The quantitative estimate of drug-likeness (QED) is 0.601. The molecular formula is C14H20N2O2. The molecule has 0 aromatic carbocycles. The minimum absolute atomic E-state index is 0.0342. The van der Waals surface area contributed by atoms with Crippen molar-refractivity contribution in [1.82, 2.24) is 10.2 Å². The monoisotopic (exact) mass is 248 g/mol. The van der Waals surface area contributed by atoms with Gasteiger partial charge < -0.3 is 10.2 Å². The number of carbonyl (C=O) groups is 2. The highest BCUT2D eigenvalue weighted by atomic mass is 16.2. The summed E-state index contributed by atoms with van der Waals surface area (Å²) in [4.78, 5) is 25.3. The second-order valence-electron chi connectivity index (χ2n) is 5.12. The number of allylic oxidation sites excluding steroid dienone is 3. The Hall–Kier alpha value is -1.58. The van der Waals surface area contributed by atoms with Gasteiger partial charge in [-0.05, 0) is 19.3 Å². The molecular weight excluding hydrogens is 228 g/mol. The average Bonchev–Trinajstić information content (AvgIpc) is 2.91. The Labute approximate surface area is 108 Å². The van der Waals surface area contributed by atoms with Crippen molar-refractivity contribution in [3.8, 4) is 0 Å². The predicted octanol–water partition coefficient (Wildman–Crippen LogP) is 1.24. The smallest absolute Gasteiger partial charge is 0.244 e. The van der Waals surface area contributed by atoms with Crippen LogP contribution in [0.15, 0.2) is 24.3 Å². The number of rotatable bonds is 4. The van der Waals surface area contributed by atoms with Crippen LogP contribution in [0.3, 0.4) is 0 Å². The Morgan fingerprint density at radius 1 is 1.44 bits per heavy atom. The molecule has 1 aliphatic carbocycles. The minimum atomic E-state index is -0.128. The van der Waals surface area contributed by atoms with E-state index in [4.69, 9.17) is 0 Å². The summed E-state index contributed by atoms with van der Waals surface area (Å²) in [5.74, 6) is 0.668. The van der Waals surface area contributed by atoms with E-state index in [0.717, 1.165) is 6.42 Å². The van der Waals surface area contributed by atoms with Gasteiger partial charge in [-0.25, -0.2) is 0 Å². The van der Waals surface area contributed by atoms with Crippen LogP contribution in [0.1, 0.15) is 26.7 Å². The van der Waals surface area contributed by atoms with Crippen LogP contribution in [-0.4, -0.2) is 35.3 Å². The average molecular weight is 248 g/mol. The molecule has 0 aromatic rings. The van der Waals surface area contributed by atoms with E-state index < -0.39 is 0 Å². The van der Waals surface area contributed by atoms with Crippen molar-refractivity contribution < 1.29 is 9.59 Å². The van der Waals surface area contributed by atoms with E-state index in [-0.39, 0.29) is 17.9 Å². The van der Waals surface area contributed by atoms with Crippen molar-refractivity contribution in [2.24, 2.45) is 5.92 Å². The number of amides is 2. The number of nitrogens with one attached hydrogen (secondary N) is 1. The lowest BCUT2D eigenvalue weighted by Gasteiger charge is -2.16. The van der Waals surface area contributed by atoms with Crippen molar-refractivity contribution in [2.45, 2.75) is 38.8 Å². The standard InChI is InChI=1S/C14H20N2O2/c1-3-4-5-6-13(17)15-11-8-14(18)16(9-11)12-7-10(12)2/h3-6,10-12H,7-9H2,1-2H3,(H,15,17)/b4-3+,6-5+/t10-,11-,12-/m1/s1. The maximum absolute atomic E-state index is 11.8. The predicted molar refractivity (Wildman–Crippen MR) is 69.8 cm³/mol. The van der Waals surface area contributed by atoms with Gasteiger partial charge in [-0.1, -0.05) is 25.2 Å². The second kappa shape index (κ2) is 5.38. The van der Waals surface area contributed by atoms with Gasteiger partial charge >= 0.3 is 0 Å². The van der Waals surface area contributed by atoms with E-state index in [1.165, 1.54) is 6.08 Å². The van der Waals surface area contributed by atoms with Gasteiger partial charge in [-0.3, -0.25) is 9.59 Å². The van der Waals surface area contributed by atoms with Gasteiger partial charge in [0.1, 0.15) is 0 Å². The van der Waals surface area contributed by atoms with E-state index in [9.17, 15) is 9.59 Å². The van der Waals surface area contributed by atoms with E-state index >= 15 is 0 Å². The molecule has 2 fully saturated rings. The lowest BCUT2D eigenvalue weighted by Crippen LogP contribution is -2.37. The van der Waals surface area contributed by atoms with Crippen molar-refractivity contribution in [3.05, 3.63) is 24.3 Å². The fourth-order valence-corrected chi connectivity index (χ4v) is 2.39. The summed E-state index contributed by atoms with van der Waals surface area (Å²) in [6.07, 6.45) is 8.40. The third kappa shape index (κ3) is 3.00. The first-order chi connectivity index (χ1) is 8.61. The Balaban J connectivity index is 1.81. The van der Waals surface area contributed by atoms with E-state index in [1.807, 2.05) is 17.9 Å². The summed E-state index contributed by atoms with van der Waals surface area (Å²) < 4.78 is 0. The lowest BCUT2D eigenvalue weighted by molar-refractivity contribution is -0.128. The number of carbonyl (C=O) groups excluding carboxylic acids is 2. The topological polar surface area (TPSA) is 49.4 Å². The third-order valence-electron chi connectivity index (χ3n) is 3.52. The van der Waals surface area contributed by atoms with Crippen LogP contribution >= 0.6 is 0 Å². The third-order valence-corrected chi connectivity index (χ3v) is 3.52. The number of hydrogen-bond donors (Lipinski definition) is 1. The zero-order valence-corrected chi connectivity index (χ0v) is 10.9. The summed E-state index contributed by atoms with van der Waals surface area (Å²) in [5.41, 5.74) is 0. The molecule has 18 heavy (non-hydrogen) atoms. The van der Waals surface area contributed by atoms with Crippen molar-refractivity contribution in [3.63, 3.8) is 0 Å². The molecule has 0 unspecified atom stereocenters. The van der Waals surface area contributed by atoms with Crippen LogP contribution in [-0.2, 0) is 9.59 Å². The largest absolute Gasteiger partial charge is 0.348 e. The van der Waals surface area contributed by atoms with Crippen LogP contribution in [0, 0.1) is 5.92 Å². The molecule has 4 nitrogen and oxygen atoms in total. The Bertz CT molecular complexity index is 401. The maximum Gasteiger partial charge on any atom is 0.244 e. The van der Waals surface area contributed by atoms with E-state index in [2.05, 4.69) is 12.2 Å². The highest BCUT2D eigenvalue weighted by Crippen LogP contribution is 2.37. The molecule has 2 rings (SSSR count). The fourth-order valence-electron chi connectivity index (χ4n) is 2.39. The van der Waals surface area contributed by atoms with E-state index in [0.29, 0.717) is 24.9 Å². The van der Waals surface area contributed by atoms with Gasteiger partial charge in [-0.15, -0.1) is 0 Å². The van der Waals surface area contributed by atoms with Crippen molar-refractivity contribution in [1.29, 1.82) is 0 Å². The number of likely N-dealkylation sites (tertiary alicyclic amines) is 1. The second-order valence-corrected chi connectivity index (χ2v) is 5.12. The maximum atomic E-state index is 11.8. The molecule has 98 valence electrons. The van der Waals surface area contributed by atoms with Gasteiger partial charge in [0.25, 0.3) is 0 Å². The molecule has 1 heterocycles. The normalized spacial score (nSPS) is 31.6. The highest BCUT2D eigenvalue weighted by Gasteiger charge is 2.44. The Morgan fingerprint density at radius 3 is 2.78 bits per heavy atom. The number of hydrogen-bond acceptors (Lipinski definition) is 2. The summed E-state index contributed by atoms with van der Waals surface area (Å²) >= 11 is 0. The Morgan fingerprint density at radius 2 is 2.17 bits per heavy atom. The first-order valence-corrected chi connectivity index (χ1v) is 6.51. The molecule has 2 amide bonds. The molecule has 2 aliphatic rings. The molecule has 1 saturated heterocycles. The van der Waals surface area contributed by atoms with Crippen LogP contribution in [0.25, 0.3) is 0 Å². The minimum Gasteiger partial charge on any atom is -0.348 e. The molecule has 0 spiro atoms. The zero-order chi connectivity index (χ0) is 13.1. The SMILES string of the molecule is C/C=C/C=C/C(=O)N[C@@H]1CC(=O)N([C@@H]2C[C@H]2C)C1. The van der Waals surface area contributed by atoms with Gasteiger partial charge in [0, 0.05) is 25.1 Å². The molecule has 4 heteroatoms. The van der Waals surface area contributed by atoms with Crippen molar-refractivity contribution in [2.75, 3.05) is 6.54 Å². The zero-order valence-electron chi connectivity index (χ0n) is 10.9. The molecule has 1 saturated carbocycles. The molecule has 3 atom stereocenters. The highest BCUT2D eigenvalue weighted by molar-refractivity contribution is 5.89. The molecule has 1 aliphatic heterocycles. The fraction of sp³-hybridized carbons (Fsp3) is 0.571. The molecule has 0 bridgehead atoms. The summed E-state index contributed by atoms with van der Waals surface area (Å²) in [6, 6.07) is 0.381. The lowest BCUT2D eigenvalue weighted by atomic mass is 10.2. The van der Waals surface area contributed by atoms with Gasteiger partial charge in [0.05, 0.1) is 6.04 Å². The first-order valence-electron chi connectivity index (χ1n) is 6.51. The number of nitrogens with zero attached hydrogens (tertiary/aromatic N) is 1. The van der Waals surface area contributed by atoms with Crippen LogP contribution in [0.2, 0.25) is 0 Å². The van der Waals surface area contributed by atoms with Crippen LogP contribution < -0.4 is 5.32 Å². The Kier molecular flexibility index (Phi) is 3.84. The van der Waals surface area contributed by atoms with E-state index in [1.54, 1.807) is 12.2 Å². The molecule has 0 radical (unpaired) electrons. The molecule has 0 aromatic heterocycles. The van der Waals surface area contributed by atoms with Crippen molar-refractivity contribution >= 4 is 11.8 Å². The van der Waals surface area contributed by atoms with Gasteiger partial charge in [0.15, 0.2) is 0 Å². The summed E-state index contributed by atoms with van der Waals surface area (Å²) in [6.45, 7) is 4.72. The van der Waals surface area contributed by atoms with Crippen LogP contribution in [0.5, 0.6) is 0 Å². The summed E-state index contributed by atoms with van der Waals surface area (Å²) in [7, 11) is 0. The summed E-state index contributed by atoms with van der Waals surface area (Å²) in [5, 5.41) is 2.87.